The second kappa shape index (κ2) is 4.60. The Hall–Kier alpha value is -1.42. The molecule has 0 spiro atoms. The highest BCUT2D eigenvalue weighted by atomic mass is 16.6. The first kappa shape index (κ1) is 16.1. The van der Waals surface area contributed by atoms with Gasteiger partial charge in [0.1, 0.15) is 11.5 Å². The summed E-state index contributed by atoms with van der Waals surface area (Å²) in [6.07, 6.45) is 5.87. The molecule has 1 saturated heterocycles. The van der Waals surface area contributed by atoms with Crippen LogP contribution in [0.3, 0.4) is 0 Å². The van der Waals surface area contributed by atoms with E-state index in [2.05, 4.69) is 26.5 Å². The van der Waals surface area contributed by atoms with Gasteiger partial charge in [0, 0.05) is 17.8 Å². The van der Waals surface area contributed by atoms with Gasteiger partial charge >= 0.3 is 5.97 Å². The second-order valence-corrected chi connectivity index (χ2v) is 8.93. The van der Waals surface area contributed by atoms with E-state index in [1.54, 1.807) is 6.92 Å². The summed E-state index contributed by atoms with van der Waals surface area (Å²) in [6.45, 7) is 9.98. The highest BCUT2D eigenvalue weighted by Crippen LogP contribution is 2.65. The number of allylic oxidation sites excluding steroid dienone is 2. The van der Waals surface area contributed by atoms with E-state index in [0.29, 0.717) is 0 Å². The smallest absolute Gasteiger partial charge is 0.320 e. The van der Waals surface area contributed by atoms with Gasteiger partial charge in [-0.25, -0.2) is 0 Å². The van der Waals surface area contributed by atoms with Crippen molar-refractivity contribution in [3.05, 3.63) is 24.3 Å². The number of carbonyl (C=O) groups excluding carboxylic acids is 2. The zero-order valence-electron chi connectivity index (χ0n) is 14.7. The highest BCUT2D eigenvalue weighted by Gasteiger charge is 2.71. The molecule has 0 unspecified atom stereocenters. The first-order chi connectivity index (χ1) is 11.2. The minimum absolute atomic E-state index is 0.0485. The molecule has 2 saturated carbocycles. The molecular weight excluding hydrogens is 304 g/mol. The first-order valence-corrected chi connectivity index (χ1v) is 8.93. The third-order valence-corrected chi connectivity index (χ3v) is 7.65. The number of ether oxygens (including phenoxy) is 1. The van der Waals surface area contributed by atoms with Gasteiger partial charge in [0.05, 0.1) is 6.10 Å². The molecule has 0 aromatic heterocycles. The minimum atomic E-state index is -1.11. The van der Waals surface area contributed by atoms with Crippen molar-refractivity contribution in [2.75, 3.05) is 0 Å². The fourth-order valence-corrected chi connectivity index (χ4v) is 6.03. The van der Waals surface area contributed by atoms with E-state index in [0.717, 1.165) is 19.3 Å². The summed E-state index contributed by atoms with van der Waals surface area (Å²) in [5.74, 6) is -0.657. The van der Waals surface area contributed by atoms with Gasteiger partial charge in [-0.3, -0.25) is 9.59 Å². The lowest BCUT2D eigenvalue weighted by molar-refractivity contribution is -0.166. The van der Waals surface area contributed by atoms with Crippen LogP contribution in [-0.4, -0.2) is 29.1 Å². The number of hydrogen-bond acceptors (Lipinski definition) is 4. The Balaban J connectivity index is 1.86. The Morgan fingerprint density at radius 2 is 2.04 bits per heavy atom. The molecule has 0 aromatic rings. The van der Waals surface area contributed by atoms with Crippen LogP contribution in [0.5, 0.6) is 0 Å². The van der Waals surface area contributed by atoms with Gasteiger partial charge in [0.2, 0.25) is 0 Å². The molecular formula is C20H26O4. The number of Topliss-reactive ketones (excluding diaryl/α,β-unsaturated/α-hetero) is 1. The van der Waals surface area contributed by atoms with Gasteiger partial charge < -0.3 is 9.84 Å². The molecule has 7 atom stereocenters. The molecule has 4 nitrogen and oxygen atoms in total. The van der Waals surface area contributed by atoms with Crippen molar-refractivity contribution in [1.82, 2.24) is 0 Å². The van der Waals surface area contributed by atoms with Crippen molar-refractivity contribution in [3.8, 4) is 0 Å². The van der Waals surface area contributed by atoms with Gasteiger partial charge in [-0.2, -0.15) is 0 Å². The van der Waals surface area contributed by atoms with E-state index in [9.17, 15) is 14.7 Å². The van der Waals surface area contributed by atoms with Gasteiger partial charge in [-0.1, -0.05) is 25.5 Å². The summed E-state index contributed by atoms with van der Waals surface area (Å²) in [5.41, 5.74) is -0.295. The van der Waals surface area contributed by atoms with E-state index in [1.807, 2.05) is 6.08 Å². The topological polar surface area (TPSA) is 63.6 Å². The highest BCUT2D eigenvalue weighted by molar-refractivity contribution is 6.06. The predicted octanol–water partition coefficient (Wildman–Crippen LogP) is 2.81. The number of rotatable bonds is 1. The number of fused-ring (bicyclic) bond motifs is 2. The summed E-state index contributed by atoms with van der Waals surface area (Å²) in [6, 6.07) is 0. The molecule has 0 bridgehead atoms. The van der Waals surface area contributed by atoms with Crippen molar-refractivity contribution in [2.24, 2.45) is 28.1 Å². The summed E-state index contributed by atoms with van der Waals surface area (Å²) in [5, 5.41) is 10.9. The van der Waals surface area contributed by atoms with Crippen molar-refractivity contribution in [1.29, 1.82) is 0 Å². The third kappa shape index (κ3) is 1.68. The van der Waals surface area contributed by atoms with E-state index in [1.165, 1.54) is 5.57 Å². The third-order valence-electron chi connectivity index (χ3n) is 7.65. The van der Waals surface area contributed by atoms with Crippen molar-refractivity contribution >= 4 is 11.8 Å². The van der Waals surface area contributed by atoms with Crippen LogP contribution >= 0.6 is 0 Å². The molecule has 4 aliphatic rings. The average molecular weight is 330 g/mol. The van der Waals surface area contributed by atoms with Crippen LogP contribution in [0, 0.1) is 28.1 Å². The Bertz CT molecular complexity index is 679. The van der Waals surface area contributed by atoms with Crippen LogP contribution in [0.4, 0.5) is 0 Å². The Morgan fingerprint density at radius 1 is 1.33 bits per heavy atom. The van der Waals surface area contributed by atoms with Crippen molar-refractivity contribution in [2.45, 2.75) is 58.7 Å². The van der Waals surface area contributed by atoms with Crippen LogP contribution in [0.2, 0.25) is 0 Å². The van der Waals surface area contributed by atoms with Crippen LogP contribution < -0.4 is 0 Å². The molecule has 1 aliphatic heterocycles. The SMILES string of the molecule is C=C[C@]1(C)CC[C@@H]2C(=C[C@H]3OC(=O)[C@@]4(C)C(=O)C[C@@H](O)[C@@]2(C)[C@@H]34)C1. The zero-order valence-corrected chi connectivity index (χ0v) is 14.7. The number of hydrogen-bond donors (Lipinski definition) is 1. The maximum absolute atomic E-state index is 12.6. The summed E-state index contributed by atoms with van der Waals surface area (Å²) >= 11 is 0. The van der Waals surface area contributed by atoms with E-state index < -0.39 is 29.0 Å². The maximum atomic E-state index is 12.6. The minimum Gasteiger partial charge on any atom is -0.457 e. The normalized spacial score (nSPS) is 52.9. The molecule has 4 heteroatoms. The Morgan fingerprint density at radius 3 is 2.71 bits per heavy atom. The zero-order chi connectivity index (χ0) is 17.5. The van der Waals surface area contributed by atoms with Crippen molar-refractivity contribution < 1.29 is 19.4 Å². The van der Waals surface area contributed by atoms with Gasteiger partial charge in [-0.05, 0) is 43.6 Å². The van der Waals surface area contributed by atoms with Crippen LogP contribution in [0.15, 0.2) is 24.3 Å². The maximum Gasteiger partial charge on any atom is 0.320 e. The lowest BCUT2D eigenvalue weighted by atomic mass is 9.44. The van der Waals surface area contributed by atoms with Gasteiger partial charge in [0.25, 0.3) is 0 Å². The Kier molecular flexibility index (Phi) is 3.08. The fourth-order valence-electron chi connectivity index (χ4n) is 6.03. The summed E-state index contributed by atoms with van der Waals surface area (Å²) in [4.78, 5) is 25.2. The predicted molar refractivity (Wildman–Crippen MR) is 88.9 cm³/mol. The van der Waals surface area contributed by atoms with Crippen LogP contribution in [0.25, 0.3) is 0 Å². The Labute approximate surface area is 143 Å². The molecule has 0 aromatic carbocycles. The van der Waals surface area contributed by atoms with Gasteiger partial charge in [-0.15, -0.1) is 6.58 Å². The molecule has 130 valence electrons. The van der Waals surface area contributed by atoms with Gasteiger partial charge in [0.15, 0.2) is 5.78 Å². The van der Waals surface area contributed by atoms with Crippen molar-refractivity contribution in [3.63, 3.8) is 0 Å². The number of ketones is 1. The molecule has 3 fully saturated rings. The number of carbonyl (C=O) groups is 2. The molecule has 1 heterocycles. The van der Waals surface area contributed by atoms with E-state index >= 15 is 0 Å². The largest absolute Gasteiger partial charge is 0.457 e. The molecule has 4 rings (SSSR count). The first-order valence-electron chi connectivity index (χ1n) is 8.93. The molecule has 0 radical (unpaired) electrons. The lowest BCUT2D eigenvalue weighted by Crippen LogP contribution is -2.62. The molecule has 0 amide bonds. The fraction of sp³-hybridized carbons (Fsp3) is 0.700. The lowest BCUT2D eigenvalue weighted by Gasteiger charge is -2.58. The quantitative estimate of drug-likeness (QED) is 0.456. The summed E-state index contributed by atoms with van der Waals surface area (Å²) < 4.78 is 5.64. The number of esters is 1. The van der Waals surface area contributed by atoms with Crippen LogP contribution in [-0.2, 0) is 14.3 Å². The monoisotopic (exact) mass is 330 g/mol. The van der Waals surface area contributed by atoms with E-state index in [4.69, 9.17) is 4.74 Å². The van der Waals surface area contributed by atoms with E-state index in [-0.39, 0.29) is 29.5 Å². The summed E-state index contributed by atoms with van der Waals surface area (Å²) in [7, 11) is 0. The average Bonchev–Trinajstić information content (AvgIpc) is 2.78. The van der Waals surface area contributed by atoms with Crippen LogP contribution in [0.1, 0.15) is 46.5 Å². The second-order valence-electron chi connectivity index (χ2n) is 8.93. The number of aliphatic hydroxyl groups is 1. The standard InChI is InChI=1S/C20H26O4/c1-5-18(2)7-6-12-11(10-18)8-13-16-19(12,3)14(21)9-15(22)20(16,4)17(23)24-13/h5,8,12-14,16,21H,1,6-7,9-10H2,2-4H3/t12-,13-,14-,16-,18-,19+,20+/m1/s1. The molecule has 3 aliphatic carbocycles. The molecule has 1 N–H and O–H groups in total. The number of aliphatic hydroxyl groups excluding tert-OH is 1. The molecule has 24 heavy (non-hydrogen) atoms.